The first-order chi connectivity index (χ1) is 14.0. The van der Waals surface area contributed by atoms with Crippen LogP contribution in [0.25, 0.3) is 0 Å². The lowest BCUT2D eigenvalue weighted by molar-refractivity contribution is 0.0549. The number of hydrogen-bond acceptors (Lipinski definition) is 4. The van der Waals surface area contributed by atoms with Gasteiger partial charge in [-0.25, -0.2) is 4.39 Å². The number of nitrogens with zero attached hydrogens (tertiary/aromatic N) is 2. The van der Waals surface area contributed by atoms with Crippen molar-refractivity contribution in [3.63, 3.8) is 0 Å². The van der Waals surface area contributed by atoms with E-state index in [1.54, 1.807) is 19.2 Å². The molecule has 0 amide bonds. The van der Waals surface area contributed by atoms with Crippen LogP contribution in [0.1, 0.15) is 33.1 Å². The molecule has 2 saturated heterocycles. The van der Waals surface area contributed by atoms with E-state index in [-0.39, 0.29) is 17.3 Å². The summed E-state index contributed by atoms with van der Waals surface area (Å²) in [5, 5.41) is 0. The number of halogens is 1. The molecule has 2 aliphatic rings. The van der Waals surface area contributed by atoms with Gasteiger partial charge in [-0.15, -0.1) is 0 Å². The van der Waals surface area contributed by atoms with E-state index in [1.807, 2.05) is 0 Å². The summed E-state index contributed by atoms with van der Waals surface area (Å²) < 4.78 is 26.1. The summed E-state index contributed by atoms with van der Waals surface area (Å²) in [7, 11) is 1.61. The van der Waals surface area contributed by atoms with Gasteiger partial charge in [-0.3, -0.25) is 0 Å². The van der Waals surface area contributed by atoms with Crippen molar-refractivity contribution in [3.8, 4) is 11.5 Å². The highest BCUT2D eigenvalue weighted by atomic mass is 19.1. The Balaban J connectivity index is 1.43. The van der Waals surface area contributed by atoms with Gasteiger partial charge in [0.25, 0.3) is 0 Å². The van der Waals surface area contributed by atoms with E-state index in [4.69, 9.17) is 9.47 Å². The third kappa shape index (κ3) is 4.29. The van der Waals surface area contributed by atoms with Gasteiger partial charge >= 0.3 is 0 Å². The molecule has 5 heteroatoms. The molecule has 0 spiro atoms. The van der Waals surface area contributed by atoms with Crippen molar-refractivity contribution in [2.45, 2.75) is 39.2 Å². The van der Waals surface area contributed by atoms with Crippen LogP contribution in [0.3, 0.4) is 0 Å². The predicted octanol–water partition coefficient (Wildman–Crippen LogP) is 5.12. The Labute approximate surface area is 173 Å². The van der Waals surface area contributed by atoms with Crippen LogP contribution in [0.4, 0.5) is 15.8 Å². The fraction of sp³-hybridized carbons (Fsp3) is 0.500. The topological polar surface area (TPSA) is 24.9 Å². The average Bonchev–Trinajstić information content (AvgIpc) is 3.25. The van der Waals surface area contributed by atoms with Gasteiger partial charge in [0.05, 0.1) is 12.8 Å². The molecule has 0 radical (unpaired) electrons. The number of hydrogen-bond donors (Lipinski definition) is 0. The molecule has 2 fully saturated rings. The predicted molar refractivity (Wildman–Crippen MR) is 116 cm³/mol. The van der Waals surface area contributed by atoms with Crippen LogP contribution in [-0.4, -0.2) is 39.4 Å². The summed E-state index contributed by atoms with van der Waals surface area (Å²) in [6, 6.07) is 13.4. The van der Waals surface area contributed by atoms with Crippen molar-refractivity contribution in [2.24, 2.45) is 5.41 Å². The van der Waals surface area contributed by atoms with Gasteiger partial charge in [-0.1, -0.05) is 13.8 Å². The van der Waals surface area contributed by atoms with Crippen molar-refractivity contribution in [3.05, 3.63) is 48.3 Å². The molecule has 0 saturated carbocycles. The lowest BCUT2D eigenvalue weighted by Gasteiger charge is -2.45. The zero-order valence-electron chi connectivity index (χ0n) is 17.7. The van der Waals surface area contributed by atoms with Gasteiger partial charge in [0.1, 0.15) is 23.4 Å². The third-order valence-electron chi connectivity index (χ3n) is 6.21. The van der Waals surface area contributed by atoms with Crippen LogP contribution in [0.5, 0.6) is 11.5 Å². The second kappa shape index (κ2) is 8.13. The molecule has 2 heterocycles. The molecule has 1 atom stereocenters. The Bertz CT molecular complexity index is 831. The van der Waals surface area contributed by atoms with Gasteiger partial charge in [-0.05, 0) is 49.2 Å². The Hall–Kier alpha value is -2.43. The Morgan fingerprint density at radius 2 is 1.62 bits per heavy atom. The van der Waals surface area contributed by atoms with Gasteiger partial charge in [0, 0.05) is 49.8 Å². The maximum absolute atomic E-state index is 14.4. The zero-order chi connectivity index (χ0) is 20.4. The van der Waals surface area contributed by atoms with Crippen LogP contribution in [0.15, 0.2) is 42.5 Å². The molecule has 2 aliphatic heterocycles. The van der Waals surface area contributed by atoms with Gasteiger partial charge in [0.15, 0.2) is 0 Å². The van der Waals surface area contributed by atoms with E-state index in [9.17, 15) is 4.39 Å². The van der Waals surface area contributed by atoms with Crippen LogP contribution in [0, 0.1) is 11.2 Å². The molecule has 0 N–H and O–H groups in total. The highest BCUT2D eigenvalue weighted by Gasteiger charge is 2.38. The van der Waals surface area contributed by atoms with Crippen molar-refractivity contribution >= 4 is 11.4 Å². The lowest BCUT2D eigenvalue weighted by atomic mass is 9.80. The molecule has 1 unspecified atom stereocenters. The highest BCUT2D eigenvalue weighted by molar-refractivity contribution is 5.53. The molecule has 4 nitrogen and oxygen atoms in total. The average molecular weight is 399 g/mol. The van der Waals surface area contributed by atoms with Crippen LogP contribution in [-0.2, 0) is 0 Å². The van der Waals surface area contributed by atoms with E-state index >= 15 is 0 Å². The number of rotatable bonds is 5. The van der Waals surface area contributed by atoms with E-state index in [0.29, 0.717) is 11.4 Å². The monoisotopic (exact) mass is 398 g/mol. The lowest BCUT2D eigenvalue weighted by Crippen LogP contribution is -2.51. The number of ether oxygens (including phenoxy) is 2. The molecule has 2 aromatic carbocycles. The standard InChI is InChI=1S/C24H31FN2O2/c1-24(2)17-27(22-16-20(28-3)10-11-21(22)25)15-12-23(24)29-19-8-6-18(7-9-19)26-13-4-5-14-26/h6-11,16,23H,4-5,12-15,17H2,1-3H3. The number of benzene rings is 2. The molecule has 2 aromatic rings. The van der Waals surface area contributed by atoms with Crippen LogP contribution in [0.2, 0.25) is 0 Å². The van der Waals surface area contributed by atoms with Crippen LogP contribution >= 0.6 is 0 Å². The summed E-state index contributed by atoms with van der Waals surface area (Å²) in [5.41, 5.74) is 1.77. The van der Waals surface area contributed by atoms with Gasteiger partial charge < -0.3 is 19.3 Å². The molecule has 0 bridgehead atoms. The SMILES string of the molecule is COc1ccc(F)c(N2CCC(Oc3ccc(N4CCCC4)cc3)C(C)(C)C2)c1. The second-order valence-electron chi connectivity index (χ2n) is 8.81. The summed E-state index contributed by atoms with van der Waals surface area (Å²) in [6.07, 6.45) is 3.49. The zero-order valence-corrected chi connectivity index (χ0v) is 17.7. The molecule has 29 heavy (non-hydrogen) atoms. The van der Waals surface area contributed by atoms with Crippen molar-refractivity contribution < 1.29 is 13.9 Å². The fourth-order valence-electron chi connectivity index (χ4n) is 4.50. The molecular weight excluding hydrogens is 367 g/mol. The fourth-order valence-corrected chi connectivity index (χ4v) is 4.50. The highest BCUT2D eigenvalue weighted by Crippen LogP contribution is 2.37. The minimum Gasteiger partial charge on any atom is -0.497 e. The van der Waals surface area contributed by atoms with Crippen molar-refractivity contribution in [1.82, 2.24) is 0 Å². The van der Waals surface area contributed by atoms with Gasteiger partial charge in [0.2, 0.25) is 0 Å². The van der Waals surface area contributed by atoms with E-state index in [1.165, 1.54) is 24.6 Å². The summed E-state index contributed by atoms with van der Waals surface area (Å²) in [5.74, 6) is 1.38. The van der Waals surface area contributed by atoms with Crippen molar-refractivity contribution in [2.75, 3.05) is 43.1 Å². The first-order valence-electron chi connectivity index (χ1n) is 10.6. The molecular formula is C24H31FN2O2. The smallest absolute Gasteiger partial charge is 0.146 e. The third-order valence-corrected chi connectivity index (χ3v) is 6.21. The summed E-state index contributed by atoms with van der Waals surface area (Å²) in [4.78, 5) is 4.53. The maximum atomic E-state index is 14.4. The van der Waals surface area contributed by atoms with Gasteiger partial charge in [-0.2, -0.15) is 0 Å². The first kappa shape index (κ1) is 19.9. The van der Waals surface area contributed by atoms with E-state index in [0.717, 1.165) is 38.3 Å². The Kier molecular flexibility index (Phi) is 5.57. The number of anilines is 2. The normalized spacial score (nSPS) is 21.3. The summed E-state index contributed by atoms with van der Waals surface area (Å²) in [6.45, 7) is 8.16. The quantitative estimate of drug-likeness (QED) is 0.698. The van der Waals surface area contributed by atoms with E-state index in [2.05, 4.69) is 47.9 Å². The molecule has 156 valence electrons. The summed E-state index contributed by atoms with van der Waals surface area (Å²) >= 11 is 0. The largest absolute Gasteiger partial charge is 0.497 e. The minimum absolute atomic E-state index is 0.0880. The first-order valence-corrected chi connectivity index (χ1v) is 10.6. The van der Waals surface area contributed by atoms with E-state index < -0.39 is 0 Å². The second-order valence-corrected chi connectivity index (χ2v) is 8.81. The molecule has 4 rings (SSSR count). The van der Waals surface area contributed by atoms with Crippen LogP contribution < -0.4 is 19.3 Å². The number of piperidine rings is 1. The van der Waals surface area contributed by atoms with Crippen molar-refractivity contribution in [1.29, 1.82) is 0 Å². The minimum atomic E-state index is -0.210. The Morgan fingerprint density at radius 3 is 2.28 bits per heavy atom. The molecule has 0 aromatic heterocycles. The maximum Gasteiger partial charge on any atom is 0.146 e. The number of methoxy groups -OCH3 is 1. The molecule has 0 aliphatic carbocycles. The Morgan fingerprint density at radius 1 is 0.931 bits per heavy atom.